The van der Waals surface area contributed by atoms with Crippen molar-refractivity contribution in [2.75, 3.05) is 58.4 Å². The van der Waals surface area contributed by atoms with Gasteiger partial charge in [-0.05, 0) is 67.9 Å². The van der Waals surface area contributed by atoms with Crippen LogP contribution in [0.1, 0.15) is 18.4 Å². The van der Waals surface area contributed by atoms with Gasteiger partial charge in [0, 0.05) is 44.3 Å². The summed E-state index contributed by atoms with van der Waals surface area (Å²) in [6, 6.07) is 16.4. The van der Waals surface area contributed by atoms with Crippen molar-refractivity contribution in [1.82, 2.24) is 9.80 Å². The van der Waals surface area contributed by atoms with Gasteiger partial charge in [-0.2, -0.15) is 0 Å². The first-order chi connectivity index (χ1) is 15.2. The van der Waals surface area contributed by atoms with Gasteiger partial charge in [0.05, 0.1) is 14.2 Å². The van der Waals surface area contributed by atoms with Gasteiger partial charge < -0.3 is 19.3 Å². The van der Waals surface area contributed by atoms with Gasteiger partial charge in [-0.25, -0.2) is 0 Å². The summed E-state index contributed by atoms with van der Waals surface area (Å²) in [6.07, 6.45) is 1.89. The molecule has 1 amide bonds. The van der Waals surface area contributed by atoms with E-state index in [2.05, 4.69) is 39.0 Å². The minimum atomic E-state index is 0.161. The van der Waals surface area contributed by atoms with Gasteiger partial charge in [0.15, 0.2) is 0 Å². The van der Waals surface area contributed by atoms with E-state index in [4.69, 9.17) is 9.47 Å². The highest BCUT2D eigenvalue weighted by Gasteiger charge is 2.30. The number of ether oxygens (including phenoxy) is 2. The molecule has 2 aliphatic heterocycles. The molecule has 6 nitrogen and oxygen atoms in total. The Morgan fingerprint density at radius 2 is 1.55 bits per heavy atom. The Morgan fingerprint density at radius 1 is 0.871 bits per heavy atom. The molecule has 4 rings (SSSR count). The van der Waals surface area contributed by atoms with E-state index in [1.807, 2.05) is 24.3 Å². The third-order valence-electron chi connectivity index (χ3n) is 6.51. The lowest BCUT2D eigenvalue weighted by molar-refractivity contribution is -0.137. The summed E-state index contributed by atoms with van der Waals surface area (Å²) in [5.74, 6) is 2.27. The van der Waals surface area contributed by atoms with E-state index in [1.54, 1.807) is 14.2 Å². The molecule has 0 radical (unpaired) electrons. The van der Waals surface area contributed by atoms with Gasteiger partial charge >= 0.3 is 0 Å². The number of hydrogen-bond donors (Lipinski definition) is 0. The van der Waals surface area contributed by atoms with Crippen LogP contribution in [0.5, 0.6) is 11.5 Å². The molecule has 2 aliphatic rings. The molecule has 2 fully saturated rings. The highest BCUT2D eigenvalue weighted by atomic mass is 16.5. The average molecular weight is 424 g/mol. The van der Waals surface area contributed by atoms with Crippen LogP contribution in [0.25, 0.3) is 0 Å². The van der Waals surface area contributed by atoms with Crippen LogP contribution in [0, 0.1) is 5.92 Å². The van der Waals surface area contributed by atoms with Crippen LogP contribution in [0.15, 0.2) is 48.5 Å². The van der Waals surface area contributed by atoms with Gasteiger partial charge in [-0.15, -0.1) is 0 Å². The minimum Gasteiger partial charge on any atom is -0.497 e. The molecule has 31 heavy (non-hydrogen) atoms. The molecule has 0 spiro atoms. The van der Waals surface area contributed by atoms with E-state index in [-0.39, 0.29) is 5.92 Å². The summed E-state index contributed by atoms with van der Waals surface area (Å²) in [5, 5.41) is 0. The number of piperidine rings is 1. The van der Waals surface area contributed by atoms with Crippen molar-refractivity contribution >= 4 is 11.6 Å². The van der Waals surface area contributed by atoms with Crippen LogP contribution in [-0.2, 0) is 11.3 Å². The first-order valence-corrected chi connectivity index (χ1v) is 11.2. The highest BCUT2D eigenvalue weighted by molar-refractivity contribution is 5.79. The van der Waals surface area contributed by atoms with Crippen molar-refractivity contribution < 1.29 is 14.3 Å². The molecule has 0 saturated carbocycles. The second-order valence-electron chi connectivity index (χ2n) is 8.41. The lowest BCUT2D eigenvalue weighted by Crippen LogP contribution is -2.51. The third-order valence-corrected chi connectivity index (χ3v) is 6.51. The second kappa shape index (κ2) is 10.1. The number of carbonyl (C=O) groups is 1. The molecule has 2 aromatic carbocycles. The van der Waals surface area contributed by atoms with Crippen LogP contribution in [0.2, 0.25) is 0 Å². The number of likely N-dealkylation sites (tertiary alicyclic amines) is 1. The van der Waals surface area contributed by atoms with Gasteiger partial charge in [-0.1, -0.05) is 12.1 Å². The number of piperazine rings is 1. The van der Waals surface area contributed by atoms with E-state index < -0.39 is 0 Å². The number of carbonyl (C=O) groups excluding carboxylic acids is 1. The molecular weight excluding hydrogens is 390 g/mol. The molecule has 166 valence electrons. The fourth-order valence-corrected chi connectivity index (χ4v) is 4.60. The van der Waals surface area contributed by atoms with E-state index in [0.717, 1.165) is 70.2 Å². The van der Waals surface area contributed by atoms with E-state index in [0.29, 0.717) is 5.91 Å². The van der Waals surface area contributed by atoms with E-state index in [9.17, 15) is 4.79 Å². The molecular formula is C25H33N3O3. The smallest absolute Gasteiger partial charge is 0.225 e. The summed E-state index contributed by atoms with van der Waals surface area (Å²) < 4.78 is 10.6. The van der Waals surface area contributed by atoms with Crippen molar-refractivity contribution in [3.63, 3.8) is 0 Å². The zero-order valence-electron chi connectivity index (χ0n) is 18.6. The van der Waals surface area contributed by atoms with Crippen LogP contribution in [-0.4, -0.2) is 69.2 Å². The SMILES string of the molecule is COc1ccc(N2CCN(C(=O)C3CCN(Cc4cccc(OC)c4)CC3)CC2)cc1. The number of amides is 1. The first-order valence-electron chi connectivity index (χ1n) is 11.2. The Bertz CT molecular complexity index is 855. The Labute approximate surface area is 185 Å². The zero-order chi connectivity index (χ0) is 21.6. The summed E-state index contributed by atoms with van der Waals surface area (Å²) >= 11 is 0. The summed E-state index contributed by atoms with van der Waals surface area (Å²) in [6.45, 7) is 6.22. The normalized spacial score (nSPS) is 18.1. The van der Waals surface area contributed by atoms with Crippen LogP contribution < -0.4 is 14.4 Å². The highest BCUT2D eigenvalue weighted by Crippen LogP contribution is 2.25. The van der Waals surface area contributed by atoms with E-state index >= 15 is 0 Å². The van der Waals surface area contributed by atoms with Crippen molar-refractivity contribution in [2.45, 2.75) is 19.4 Å². The summed E-state index contributed by atoms with van der Waals surface area (Å²) in [5.41, 5.74) is 2.46. The largest absolute Gasteiger partial charge is 0.497 e. The molecule has 0 N–H and O–H groups in total. The van der Waals surface area contributed by atoms with Crippen molar-refractivity contribution in [3.05, 3.63) is 54.1 Å². The predicted octanol–water partition coefficient (Wildman–Crippen LogP) is 3.26. The van der Waals surface area contributed by atoms with Gasteiger partial charge in [0.25, 0.3) is 0 Å². The van der Waals surface area contributed by atoms with Crippen LogP contribution in [0.3, 0.4) is 0 Å². The number of nitrogens with zero attached hydrogens (tertiary/aromatic N) is 3. The Balaban J connectivity index is 1.23. The summed E-state index contributed by atoms with van der Waals surface area (Å²) in [7, 11) is 3.38. The molecule has 6 heteroatoms. The van der Waals surface area contributed by atoms with Crippen LogP contribution >= 0.6 is 0 Å². The molecule has 0 atom stereocenters. The zero-order valence-corrected chi connectivity index (χ0v) is 18.6. The van der Waals surface area contributed by atoms with Crippen LogP contribution in [0.4, 0.5) is 5.69 Å². The number of benzene rings is 2. The quantitative estimate of drug-likeness (QED) is 0.714. The monoisotopic (exact) mass is 423 g/mol. The Hall–Kier alpha value is -2.73. The predicted molar refractivity (Wildman–Crippen MR) is 123 cm³/mol. The third kappa shape index (κ3) is 5.31. The maximum Gasteiger partial charge on any atom is 0.225 e. The minimum absolute atomic E-state index is 0.161. The Kier molecular flexibility index (Phi) is 6.97. The topological polar surface area (TPSA) is 45.2 Å². The van der Waals surface area contributed by atoms with Gasteiger partial charge in [-0.3, -0.25) is 9.69 Å². The molecule has 0 unspecified atom stereocenters. The second-order valence-corrected chi connectivity index (χ2v) is 8.41. The average Bonchev–Trinajstić information content (AvgIpc) is 2.84. The fraction of sp³-hybridized carbons (Fsp3) is 0.480. The lowest BCUT2D eigenvalue weighted by Gasteiger charge is -2.39. The molecule has 2 saturated heterocycles. The van der Waals surface area contributed by atoms with E-state index in [1.165, 1.54) is 11.3 Å². The molecule has 2 heterocycles. The fourth-order valence-electron chi connectivity index (χ4n) is 4.60. The Morgan fingerprint density at radius 3 is 2.19 bits per heavy atom. The number of rotatable bonds is 6. The molecule has 0 bridgehead atoms. The number of hydrogen-bond acceptors (Lipinski definition) is 5. The van der Waals surface area contributed by atoms with Crippen molar-refractivity contribution in [2.24, 2.45) is 5.92 Å². The standard InChI is InChI=1S/C25H33N3O3/c1-30-23-8-6-22(7-9-23)27-14-16-28(17-15-27)25(29)21-10-12-26(13-11-21)19-20-4-3-5-24(18-20)31-2/h3-9,18,21H,10-17,19H2,1-2H3. The first kappa shape index (κ1) is 21.5. The van der Waals surface area contributed by atoms with Crippen molar-refractivity contribution in [1.29, 1.82) is 0 Å². The van der Waals surface area contributed by atoms with Gasteiger partial charge in [0.2, 0.25) is 5.91 Å². The number of methoxy groups -OCH3 is 2. The maximum atomic E-state index is 13.1. The molecule has 2 aromatic rings. The maximum absolute atomic E-state index is 13.1. The molecule has 0 aromatic heterocycles. The summed E-state index contributed by atoms with van der Waals surface area (Å²) in [4.78, 5) is 19.9. The lowest BCUT2D eigenvalue weighted by atomic mass is 9.94. The number of anilines is 1. The van der Waals surface area contributed by atoms with Gasteiger partial charge in [0.1, 0.15) is 11.5 Å². The van der Waals surface area contributed by atoms with Crippen molar-refractivity contribution in [3.8, 4) is 11.5 Å². The molecule has 0 aliphatic carbocycles.